The van der Waals surface area contributed by atoms with Gasteiger partial charge in [-0.25, -0.2) is 18.2 Å². The molecular formula is C21H24F3N5O3. The normalized spacial score (nSPS) is 23.2. The fourth-order valence-electron chi connectivity index (χ4n) is 3.94. The summed E-state index contributed by atoms with van der Waals surface area (Å²) in [6, 6.07) is 1.12. The molecular weight excluding hydrogens is 427 g/mol. The minimum Gasteiger partial charge on any atom is -0.490 e. The van der Waals surface area contributed by atoms with Crippen molar-refractivity contribution < 1.29 is 27.4 Å². The topological polar surface area (TPSA) is 88.6 Å². The number of anilines is 3. The molecule has 2 atom stereocenters. The fraction of sp³-hybridized carbons (Fsp3) is 0.476. The number of carbonyl (C=O) groups excluding carboxylic acids is 1. The summed E-state index contributed by atoms with van der Waals surface area (Å²) < 4.78 is 50.6. The van der Waals surface area contributed by atoms with Gasteiger partial charge in [0.05, 0.1) is 11.8 Å². The number of halogens is 3. The molecule has 2 N–H and O–H groups in total. The smallest absolute Gasteiger partial charge is 0.249 e. The number of carbonyl (C=O) groups is 1. The maximum Gasteiger partial charge on any atom is 0.249 e. The third-order valence-electron chi connectivity index (χ3n) is 5.84. The first kappa shape index (κ1) is 22.1. The van der Waals surface area contributed by atoms with Crippen LogP contribution >= 0.6 is 0 Å². The van der Waals surface area contributed by atoms with Gasteiger partial charge in [0.25, 0.3) is 0 Å². The van der Waals surface area contributed by atoms with Crippen LogP contribution in [0.1, 0.15) is 25.5 Å². The number of ether oxygens (including phenoxy) is 2. The van der Waals surface area contributed by atoms with Crippen LogP contribution in [0.3, 0.4) is 0 Å². The highest BCUT2D eigenvalue weighted by Crippen LogP contribution is 2.35. The van der Waals surface area contributed by atoms with Gasteiger partial charge >= 0.3 is 0 Å². The van der Waals surface area contributed by atoms with Crippen LogP contribution in [0.15, 0.2) is 12.1 Å². The number of rotatable bonds is 6. The molecule has 1 amide bonds. The van der Waals surface area contributed by atoms with Gasteiger partial charge in [0.1, 0.15) is 23.6 Å². The van der Waals surface area contributed by atoms with E-state index in [4.69, 9.17) is 9.47 Å². The molecule has 1 aliphatic heterocycles. The van der Waals surface area contributed by atoms with Gasteiger partial charge in [-0.15, -0.1) is 0 Å². The second-order valence-corrected chi connectivity index (χ2v) is 8.07. The second-order valence-electron chi connectivity index (χ2n) is 8.07. The molecule has 0 spiro atoms. The van der Waals surface area contributed by atoms with E-state index in [1.807, 2.05) is 6.92 Å². The Labute approximate surface area is 183 Å². The summed E-state index contributed by atoms with van der Waals surface area (Å²) in [4.78, 5) is 23.3. The maximum atomic E-state index is 13.3. The van der Waals surface area contributed by atoms with Gasteiger partial charge in [0.2, 0.25) is 11.9 Å². The SMILES string of the molecule is CO[C@H](C)[C@H]1C(=O)Nc2c(C)nc(NC3CC(Oc4cc(F)c(F)c(F)c4)C3)nc2N1C. The summed E-state index contributed by atoms with van der Waals surface area (Å²) in [6.45, 7) is 3.59. The number of aromatic nitrogens is 2. The van der Waals surface area contributed by atoms with Crippen LogP contribution in [-0.4, -0.2) is 54.3 Å². The van der Waals surface area contributed by atoms with Crippen molar-refractivity contribution in [3.63, 3.8) is 0 Å². The van der Waals surface area contributed by atoms with Crippen molar-refractivity contribution in [3.8, 4) is 5.75 Å². The Morgan fingerprint density at radius 1 is 1.22 bits per heavy atom. The third kappa shape index (κ3) is 4.04. The highest BCUT2D eigenvalue weighted by Gasteiger charge is 2.38. The summed E-state index contributed by atoms with van der Waals surface area (Å²) in [6.07, 6.45) is 0.487. The maximum absolute atomic E-state index is 13.3. The van der Waals surface area contributed by atoms with Gasteiger partial charge in [-0.05, 0) is 13.8 Å². The van der Waals surface area contributed by atoms with Gasteiger partial charge in [0.15, 0.2) is 23.3 Å². The first-order valence-electron chi connectivity index (χ1n) is 10.2. The molecule has 172 valence electrons. The predicted molar refractivity (Wildman–Crippen MR) is 111 cm³/mol. The van der Waals surface area contributed by atoms with E-state index in [0.717, 1.165) is 12.1 Å². The summed E-state index contributed by atoms with van der Waals surface area (Å²) >= 11 is 0. The number of hydrogen-bond acceptors (Lipinski definition) is 7. The first-order valence-corrected chi connectivity index (χ1v) is 10.2. The van der Waals surface area contributed by atoms with Gasteiger partial charge in [-0.2, -0.15) is 4.98 Å². The molecule has 0 unspecified atom stereocenters. The molecule has 1 aromatic heterocycles. The average molecular weight is 451 g/mol. The summed E-state index contributed by atoms with van der Waals surface area (Å²) in [5.74, 6) is -3.36. The van der Waals surface area contributed by atoms with Crippen LogP contribution in [0.5, 0.6) is 5.75 Å². The van der Waals surface area contributed by atoms with Crippen molar-refractivity contribution in [2.45, 2.75) is 51.0 Å². The molecule has 2 heterocycles. The van der Waals surface area contributed by atoms with Crippen LogP contribution in [-0.2, 0) is 9.53 Å². The lowest BCUT2D eigenvalue weighted by atomic mass is 9.89. The number of fused-ring (bicyclic) bond motifs is 1. The molecule has 1 saturated carbocycles. The zero-order valence-corrected chi connectivity index (χ0v) is 18.1. The highest BCUT2D eigenvalue weighted by atomic mass is 19.2. The molecule has 8 nitrogen and oxygen atoms in total. The van der Waals surface area contributed by atoms with Gasteiger partial charge in [0, 0.05) is 45.2 Å². The number of nitrogens with one attached hydrogen (secondary N) is 2. The van der Waals surface area contributed by atoms with Crippen LogP contribution in [0.2, 0.25) is 0 Å². The zero-order chi connectivity index (χ0) is 23.2. The molecule has 2 aromatic rings. The number of benzene rings is 1. The average Bonchev–Trinajstić information content (AvgIpc) is 2.71. The molecule has 1 aliphatic carbocycles. The third-order valence-corrected chi connectivity index (χ3v) is 5.84. The van der Waals surface area contributed by atoms with Gasteiger partial charge < -0.3 is 25.0 Å². The van der Waals surface area contributed by atoms with Crippen LogP contribution in [0.4, 0.5) is 30.6 Å². The molecule has 11 heteroatoms. The summed E-state index contributed by atoms with van der Waals surface area (Å²) in [5.41, 5.74) is 1.17. The Morgan fingerprint density at radius 3 is 2.50 bits per heavy atom. The van der Waals surface area contributed by atoms with Gasteiger partial charge in [-0.3, -0.25) is 4.79 Å². The first-order chi connectivity index (χ1) is 15.2. The van der Waals surface area contributed by atoms with E-state index in [0.29, 0.717) is 36.0 Å². The van der Waals surface area contributed by atoms with Crippen molar-refractivity contribution in [1.82, 2.24) is 9.97 Å². The quantitative estimate of drug-likeness (QED) is 0.653. The van der Waals surface area contributed by atoms with Crippen LogP contribution < -0.4 is 20.3 Å². The molecule has 0 saturated heterocycles. The largest absolute Gasteiger partial charge is 0.490 e. The minimum atomic E-state index is -1.52. The van der Waals surface area contributed by atoms with Crippen molar-refractivity contribution >= 4 is 23.4 Å². The van der Waals surface area contributed by atoms with Crippen LogP contribution in [0.25, 0.3) is 0 Å². The molecule has 32 heavy (non-hydrogen) atoms. The Kier molecular flexibility index (Phi) is 5.85. The van der Waals surface area contributed by atoms with Crippen LogP contribution in [0, 0.1) is 24.4 Å². The number of likely N-dealkylation sites (N-methyl/N-ethyl adjacent to an activating group) is 1. The lowest BCUT2D eigenvalue weighted by molar-refractivity contribution is -0.120. The lowest BCUT2D eigenvalue weighted by Gasteiger charge is -2.38. The number of hydrogen-bond donors (Lipinski definition) is 2. The predicted octanol–water partition coefficient (Wildman–Crippen LogP) is 3.02. The monoisotopic (exact) mass is 451 g/mol. The highest BCUT2D eigenvalue weighted by molar-refractivity contribution is 6.03. The van der Waals surface area contributed by atoms with Crippen molar-refractivity contribution in [1.29, 1.82) is 0 Å². The number of methoxy groups -OCH3 is 1. The van der Waals surface area contributed by atoms with E-state index in [9.17, 15) is 18.0 Å². The summed E-state index contributed by atoms with van der Waals surface area (Å²) in [5, 5.41) is 6.08. The fourth-order valence-corrected chi connectivity index (χ4v) is 3.94. The van der Waals surface area contributed by atoms with Crippen molar-refractivity contribution in [3.05, 3.63) is 35.3 Å². The van der Waals surface area contributed by atoms with E-state index in [1.54, 1.807) is 26.0 Å². The van der Waals surface area contributed by atoms with E-state index >= 15 is 0 Å². The Morgan fingerprint density at radius 2 is 1.88 bits per heavy atom. The van der Waals surface area contributed by atoms with E-state index in [1.165, 1.54) is 0 Å². The lowest BCUT2D eigenvalue weighted by Crippen LogP contribution is -2.53. The Hall–Kier alpha value is -3.08. The second kappa shape index (κ2) is 8.45. The summed E-state index contributed by atoms with van der Waals surface area (Å²) in [7, 11) is 3.32. The van der Waals surface area contributed by atoms with E-state index in [2.05, 4.69) is 20.6 Å². The molecule has 0 radical (unpaired) electrons. The standard InChI is InChI=1S/C21H24F3N5O3/c1-9-17-19(29(3)18(10(2)31-4)20(30)27-17)28-21(25-9)26-11-5-12(6-11)32-13-7-14(22)16(24)15(23)8-13/h7-8,10-12,18H,5-6H2,1-4H3,(H,27,30)(H,25,26,28)/t10-,11?,12?,18+/m1/s1. The number of amides is 1. The Bertz CT molecular complexity index is 1020. The molecule has 0 bridgehead atoms. The minimum absolute atomic E-state index is 0.00947. The molecule has 2 aliphatic rings. The van der Waals surface area contributed by atoms with Crippen molar-refractivity contribution in [2.24, 2.45) is 0 Å². The zero-order valence-electron chi connectivity index (χ0n) is 18.1. The number of aryl methyl sites for hydroxylation is 1. The van der Waals surface area contributed by atoms with Gasteiger partial charge in [-0.1, -0.05) is 0 Å². The Balaban J connectivity index is 1.42. The molecule has 1 aromatic carbocycles. The number of nitrogens with zero attached hydrogens (tertiary/aromatic N) is 3. The van der Waals surface area contributed by atoms with E-state index < -0.39 is 23.5 Å². The van der Waals surface area contributed by atoms with Crippen molar-refractivity contribution in [2.75, 3.05) is 29.7 Å². The van der Waals surface area contributed by atoms with E-state index in [-0.39, 0.29) is 29.9 Å². The molecule has 1 fully saturated rings. The molecule has 4 rings (SSSR count).